The third-order valence-electron chi connectivity index (χ3n) is 4.09. The zero-order chi connectivity index (χ0) is 12.7. The van der Waals surface area contributed by atoms with Crippen LogP contribution in [-0.4, -0.2) is 30.8 Å². The molecule has 1 rings (SSSR count). The molecule has 0 amide bonds. The fourth-order valence-electron chi connectivity index (χ4n) is 3.10. The molecule has 0 aromatic carbocycles. The Morgan fingerprint density at radius 2 is 1.88 bits per heavy atom. The van der Waals surface area contributed by atoms with E-state index < -0.39 is 0 Å². The zero-order valence-corrected chi connectivity index (χ0v) is 11.9. The van der Waals surface area contributed by atoms with Crippen LogP contribution in [0.15, 0.2) is 0 Å². The van der Waals surface area contributed by atoms with Crippen LogP contribution in [-0.2, 0) is 4.79 Å². The number of rotatable bonds is 7. The van der Waals surface area contributed by atoms with Crippen molar-refractivity contribution in [2.45, 2.75) is 59.3 Å². The molecule has 1 fully saturated rings. The molecule has 1 aliphatic rings. The number of aldehydes is 1. The summed E-state index contributed by atoms with van der Waals surface area (Å²) < 4.78 is 0. The first-order valence-corrected chi connectivity index (χ1v) is 7.32. The highest BCUT2D eigenvalue weighted by Gasteiger charge is 2.28. The van der Waals surface area contributed by atoms with Crippen LogP contribution >= 0.6 is 0 Å². The van der Waals surface area contributed by atoms with E-state index in [1.165, 1.54) is 45.1 Å². The van der Waals surface area contributed by atoms with Crippen LogP contribution in [0.1, 0.15) is 59.3 Å². The van der Waals surface area contributed by atoms with Gasteiger partial charge in [-0.25, -0.2) is 0 Å². The van der Waals surface area contributed by atoms with E-state index in [1.54, 1.807) is 0 Å². The van der Waals surface area contributed by atoms with Gasteiger partial charge in [-0.3, -0.25) is 0 Å². The Kier molecular flexibility index (Phi) is 6.18. The van der Waals surface area contributed by atoms with Gasteiger partial charge in [0.15, 0.2) is 0 Å². The predicted octanol–water partition coefficient (Wildman–Crippen LogP) is 3.50. The third-order valence-corrected chi connectivity index (χ3v) is 4.09. The van der Waals surface area contributed by atoms with Crippen molar-refractivity contribution in [1.82, 2.24) is 4.90 Å². The lowest BCUT2D eigenvalue weighted by molar-refractivity contribution is -0.117. The molecule has 1 heterocycles. The molecule has 1 unspecified atom stereocenters. The fourth-order valence-corrected chi connectivity index (χ4v) is 3.10. The largest absolute Gasteiger partial charge is 0.303 e. The van der Waals surface area contributed by atoms with Gasteiger partial charge in [0.25, 0.3) is 0 Å². The van der Waals surface area contributed by atoms with Crippen LogP contribution in [0.2, 0.25) is 0 Å². The van der Waals surface area contributed by atoms with Crippen LogP contribution in [0.25, 0.3) is 0 Å². The molecule has 0 N–H and O–H groups in total. The van der Waals surface area contributed by atoms with E-state index in [-0.39, 0.29) is 5.41 Å². The highest BCUT2D eigenvalue weighted by Crippen LogP contribution is 2.26. The summed E-state index contributed by atoms with van der Waals surface area (Å²) in [6, 6.07) is 0. The van der Waals surface area contributed by atoms with E-state index in [4.69, 9.17) is 0 Å². The number of carbonyl (C=O) groups excluding carboxylic acids is 1. The summed E-state index contributed by atoms with van der Waals surface area (Å²) in [4.78, 5) is 13.7. The summed E-state index contributed by atoms with van der Waals surface area (Å²) in [6.45, 7) is 9.90. The molecule has 17 heavy (non-hydrogen) atoms. The standard InChI is InChI=1S/C15H29NO/c1-4-6-14-7-10-16(11-8-14)12-15(3,13-17)9-5-2/h13-14H,4-12H2,1-3H3. The minimum absolute atomic E-state index is 0.119. The molecule has 0 saturated carbocycles. The molecule has 0 radical (unpaired) electrons. The van der Waals surface area contributed by atoms with E-state index in [9.17, 15) is 4.79 Å². The second-order valence-electron chi connectivity index (χ2n) is 6.03. The number of likely N-dealkylation sites (tertiary alicyclic amines) is 1. The molecular formula is C15H29NO. The maximum absolute atomic E-state index is 11.2. The summed E-state index contributed by atoms with van der Waals surface area (Å²) in [5.41, 5.74) is -0.119. The van der Waals surface area contributed by atoms with Crippen molar-refractivity contribution >= 4 is 6.29 Å². The average Bonchev–Trinajstić information content (AvgIpc) is 2.32. The monoisotopic (exact) mass is 239 g/mol. The quantitative estimate of drug-likeness (QED) is 0.634. The predicted molar refractivity (Wildman–Crippen MR) is 73.2 cm³/mol. The van der Waals surface area contributed by atoms with Gasteiger partial charge >= 0.3 is 0 Å². The van der Waals surface area contributed by atoms with Gasteiger partial charge in [-0.1, -0.05) is 40.0 Å². The van der Waals surface area contributed by atoms with Crippen LogP contribution in [0.5, 0.6) is 0 Å². The summed E-state index contributed by atoms with van der Waals surface area (Å²) in [5.74, 6) is 0.935. The summed E-state index contributed by atoms with van der Waals surface area (Å²) in [7, 11) is 0. The molecule has 0 aliphatic carbocycles. The van der Waals surface area contributed by atoms with Crippen LogP contribution in [0.4, 0.5) is 0 Å². The molecule has 1 atom stereocenters. The summed E-state index contributed by atoms with van der Waals surface area (Å²) in [5, 5.41) is 0. The van der Waals surface area contributed by atoms with Crippen molar-refractivity contribution in [3.8, 4) is 0 Å². The van der Waals surface area contributed by atoms with Gasteiger partial charge < -0.3 is 9.69 Å². The lowest BCUT2D eigenvalue weighted by atomic mass is 9.85. The molecule has 0 aromatic rings. The molecular weight excluding hydrogens is 210 g/mol. The molecule has 2 heteroatoms. The van der Waals surface area contributed by atoms with E-state index in [0.29, 0.717) is 0 Å². The first-order chi connectivity index (χ1) is 8.13. The van der Waals surface area contributed by atoms with Crippen LogP contribution in [0.3, 0.4) is 0 Å². The summed E-state index contributed by atoms with van der Waals surface area (Å²) >= 11 is 0. The maximum atomic E-state index is 11.2. The minimum Gasteiger partial charge on any atom is -0.303 e. The Bertz CT molecular complexity index is 221. The van der Waals surface area contributed by atoms with Crippen molar-refractivity contribution < 1.29 is 4.79 Å². The lowest BCUT2D eigenvalue weighted by Gasteiger charge is -2.36. The Morgan fingerprint density at radius 1 is 1.24 bits per heavy atom. The molecule has 1 aliphatic heterocycles. The second kappa shape index (κ2) is 7.15. The van der Waals surface area contributed by atoms with Crippen molar-refractivity contribution in [1.29, 1.82) is 0 Å². The van der Waals surface area contributed by atoms with Gasteiger partial charge in [-0.15, -0.1) is 0 Å². The van der Waals surface area contributed by atoms with Crippen molar-refractivity contribution in [3.63, 3.8) is 0 Å². The molecule has 0 bridgehead atoms. The maximum Gasteiger partial charge on any atom is 0.127 e. The van der Waals surface area contributed by atoms with Crippen molar-refractivity contribution in [2.24, 2.45) is 11.3 Å². The smallest absolute Gasteiger partial charge is 0.127 e. The Labute approximate surface area is 107 Å². The molecule has 0 aromatic heterocycles. The minimum atomic E-state index is -0.119. The molecule has 100 valence electrons. The fraction of sp³-hybridized carbons (Fsp3) is 0.933. The molecule has 2 nitrogen and oxygen atoms in total. The van der Waals surface area contributed by atoms with Crippen LogP contribution < -0.4 is 0 Å². The van der Waals surface area contributed by atoms with Crippen molar-refractivity contribution in [3.05, 3.63) is 0 Å². The van der Waals surface area contributed by atoms with Gasteiger partial charge in [0.1, 0.15) is 6.29 Å². The van der Waals surface area contributed by atoms with Gasteiger partial charge in [-0.2, -0.15) is 0 Å². The summed E-state index contributed by atoms with van der Waals surface area (Å²) in [6.07, 6.45) is 8.64. The lowest BCUT2D eigenvalue weighted by Crippen LogP contribution is -2.41. The van der Waals surface area contributed by atoms with Crippen LogP contribution in [0, 0.1) is 11.3 Å². The number of nitrogens with zero attached hydrogens (tertiary/aromatic N) is 1. The Hall–Kier alpha value is -0.370. The first kappa shape index (κ1) is 14.7. The highest BCUT2D eigenvalue weighted by atomic mass is 16.1. The topological polar surface area (TPSA) is 20.3 Å². The Balaban J connectivity index is 2.36. The zero-order valence-electron chi connectivity index (χ0n) is 11.9. The number of hydrogen-bond donors (Lipinski definition) is 0. The highest BCUT2D eigenvalue weighted by molar-refractivity contribution is 5.59. The van der Waals surface area contributed by atoms with Gasteiger partial charge in [-0.05, 0) is 38.3 Å². The van der Waals surface area contributed by atoms with Gasteiger partial charge in [0.05, 0.1) is 0 Å². The van der Waals surface area contributed by atoms with E-state index in [0.717, 1.165) is 25.3 Å². The number of hydrogen-bond acceptors (Lipinski definition) is 2. The van der Waals surface area contributed by atoms with Gasteiger partial charge in [0, 0.05) is 12.0 Å². The number of carbonyl (C=O) groups is 1. The SMILES string of the molecule is CCCC1CCN(CC(C)(C=O)CCC)CC1. The van der Waals surface area contributed by atoms with Gasteiger partial charge in [0.2, 0.25) is 0 Å². The van der Waals surface area contributed by atoms with E-state index >= 15 is 0 Å². The van der Waals surface area contributed by atoms with E-state index in [1.807, 2.05) is 0 Å². The number of piperidine rings is 1. The average molecular weight is 239 g/mol. The normalized spacial score (nSPS) is 22.3. The third kappa shape index (κ3) is 4.79. The first-order valence-electron chi connectivity index (χ1n) is 7.32. The molecule has 1 saturated heterocycles. The molecule has 0 spiro atoms. The second-order valence-corrected chi connectivity index (χ2v) is 6.03. The van der Waals surface area contributed by atoms with Crippen molar-refractivity contribution in [2.75, 3.05) is 19.6 Å². The Morgan fingerprint density at radius 3 is 2.35 bits per heavy atom. The van der Waals surface area contributed by atoms with E-state index in [2.05, 4.69) is 25.7 Å².